The van der Waals surface area contributed by atoms with E-state index in [2.05, 4.69) is 42.9 Å². The molecule has 2 rings (SSSR count). The molecule has 0 aromatic heterocycles. The van der Waals surface area contributed by atoms with Crippen molar-refractivity contribution in [1.82, 2.24) is 0 Å². The summed E-state index contributed by atoms with van der Waals surface area (Å²) in [6.07, 6.45) is 0. The Balaban J connectivity index is 2.40. The molecule has 0 unspecified atom stereocenters. The Kier molecular flexibility index (Phi) is 6.28. The van der Waals surface area contributed by atoms with Crippen LogP contribution in [0.15, 0.2) is 42.5 Å². The molecule has 0 amide bonds. The first-order chi connectivity index (χ1) is 12.3. The fraction of sp³-hybridized carbons (Fsp3) is 0.227. The van der Waals surface area contributed by atoms with Crippen molar-refractivity contribution in [2.45, 2.75) is 19.6 Å². The summed E-state index contributed by atoms with van der Waals surface area (Å²) in [5.74, 6) is 10.1. The quantitative estimate of drug-likeness (QED) is 0.467. The lowest BCUT2D eigenvalue weighted by atomic mass is 10.0. The molecule has 0 fully saturated rings. The van der Waals surface area contributed by atoms with Crippen LogP contribution in [0.3, 0.4) is 0 Å². The van der Waals surface area contributed by atoms with Gasteiger partial charge in [0.25, 0.3) is 0 Å². The molecule has 0 radical (unpaired) electrons. The summed E-state index contributed by atoms with van der Waals surface area (Å²) < 4.78 is 10.6. The lowest BCUT2D eigenvalue weighted by Crippen LogP contribution is -2.17. The van der Waals surface area contributed by atoms with Crippen molar-refractivity contribution in [2.75, 3.05) is 14.2 Å². The average Bonchev–Trinajstić information content (AvgIpc) is 2.63. The molecular formula is C22H22O3Si. The second kappa shape index (κ2) is 8.42. The minimum atomic E-state index is -1.61. The first-order valence-electron chi connectivity index (χ1n) is 8.24. The molecule has 132 valence electrons. The zero-order chi connectivity index (χ0) is 19.2. The Morgan fingerprint density at radius 2 is 1.62 bits per heavy atom. The van der Waals surface area contributed by atoms with Crippen LogP contribution in [-0.4, -0.2) is 28.1 Å². The number of carbonyl (C=O) groups is 1. The van der Waals surface area contributed by atoms with Gasteiger partial charge < -0.3 is 9.47 Å². The Morgan fingerprint density at radius 1 is 0.923 bits per heavy atom. The summed E-state index contributed by atoms with van der Waals surface area (Å²) >= 11 is 0. The first-order valence-corrected chi connectivity index (χ1v) is 11.7. The van der Waals surface area contributed by atoms with Gasteiger partial charge in [-0.2, -0.15) is 0 Å². The number of carbonyl (C=O) groups excluding carboxylic acids is 1. The van der Waals surface area contributed by atoms with Crippen molar-refractivity contribution in [3.8, 4) is 34.8 Å². The Hall–Kier alpha value is -2.95. The van der Waals surface area contributed by atoms with Gasteiger partial charge in [0.2, 0.25) is 5.78 Å². The molecule has 0 atom stereocenters. The third-order valence-corrected chi connectivity index (χ3v) is 4.34. The molecule has 0 spiro atoms. The average molecular weight is 363 g/mol. The van der Waals surface area contributed by atoms with Gasteiger partial charge in [-0.25, -0.2) is 0 Å². The van der Waals surface area contributed by atoms with Gasteiger partial charge >= 0.3 is 0 Å². The van der Waals surface area contributed by atoms with E-state index in [0.717, 1.165) is 5.56 Å². The standard InChI is InChI=1S/C22H22O3Si/c1-24-19-13-12-18(22(16-19)25-2)11-10-17-8-6-7-9-20(17)21(23)14-15-26(3,4)5/h6-9,12-13,16H,1-5H3. The molecule has 4 heteroatoms. The van der Waals surface area contributed by atoms with Gasteiger partial charge in [0.05, 0.1) is 19.8 Å². The van der Waals surface area contributed by atoms with Crippen LogP contribution < -0.4 is 9.47 Å². The number of methoxy groups -OCH3 is 2. The highest BCUT2D eigenvalue weighted by molar-refractivity contribution is 6.84. The number of ether oxygens (including phenoxy) is 2. The number of benzene rings is 2. The second-order valence-corrected chi connectivity index (χ2v) is 11.4. The lowest BCUT2D eigenvalue weighted by Gasteiger charge is -2.06. The predicted octanol–water partition coefficient (Wildman–Crippen LogP) is 4.17. The molecule has 0 aliphatic heterocycles. The molecular weight excluding hydrogens is 340 g/mol. The van der Waals surface area contributed by atoms with Crippen LogP contribution in [0.2, 0.25) is 19.6 Å². The SMILES string of the molecule is COc1ccc(C#Cc2ccccc2C(=O)C#C[Si](C)(C)C)c(OC)c1. The van der Waals surface area contributed by atoms with E-state index in [-0.39, 0.29) is 5.78 Å². The van der Waals surface area contributed by atoms with Gasteiger partial charge in [0.15, 0.2) is 0 Å². The molecule has 0 bridgehead atoms. The Morgan fingerprint density at radius 3 is 2.27 bits per heavy atom. The molecule has 0 saturated carbocycles. The number of ketones is 1. The molecule has 0 aliphatic rings. The molecule has 26 heavy (non-hydrogen) atoms. The van der Waals surface area contributed by atoms with Crippen LogP contribution in [0.5, 0.6) is 11.5 Å². The molecule has 2 aromatic carbocycles. The van der Waals surface area contributed by atoms with Crippen LogP contribution in [0.25, 0.3) is 0 Å². The van der Waals surface area contributed by atoms with E-state index in [1.54, 1.807) is 26.4 Å². The van der Waals surface area contributed by atoms with Gasteiger partial charge in [-0.1, -0.05) is 43.6 Å². The van der Waals surface area contributed by atoms with E-state index in [0.29, 0.717) is 22.6 Å². The molecule has 0 saturated heterocycles. The molecule has 0 heterocycles. The predicted molar refractivity (Wildman–Crippen MR) is 107 cm³/mol. The van der Waals surface area contributed by atoms with E-state index in [1.807, 2.05) is 30.3 Å². The topological polar surface area (TPSA) is 35.5 Å². The normalized spacial score (nSPS) is 10.0. The minimum Gasteiger partial charge on any atom is -0.497 e. The third kappa shape index (κ3) is 5.27. The second-order valence-electron chi connectivity index (χ2n) is 6.69. The van der Waals surface area contributed by atoms with Crippen LogP contribution in [-0.2, 0) is 0 Å². The number of rotatable bonds is 3. The van der Waals surface area contributed by atoms with Gasteiger partial charge in [-0.05, 0) is 30.2 Å². The summed E-state index contributed by atoms with van der Waals surface area (Å²) in [6, 6.07) is 12.7. The van der Waals surface area contributed by atoms with E-state index >= 15 is 0 Å². The first kappa shape index (κ1) is 19.4. The summed E-state index contributed by atoms with van der Waals surface area (Å²) in [7, 11) is 1.58. The van der Waals surface area contributed by atoms with Crippen molar-refractivity contribution >= 4 is 13.9 Å². The monoisotopic (exact) mass is 362 g/mol. The Bertz CT molecular complexity index is 932. The minimum absolute atomic E-state index is 0.195. The summed E-state index contributed by atoms with van der Waals surface area (Å²) in [5.41, 5.74) is 5.01. The van der Waals surface area contributed by atoms with Gasteiger partial charge in [0.1, 0.15) is 19.6 Å². The fourth-order valence-electron chi connectivity index (χ4n) is 2.14. The van der Waals surface area contributed by atoms with E-state index in [4.69, 9.17) is 9.47 Å². The highest BCUT2D eigenvalue weighted by Crippen LogP contribution is 2.23. The largest absolute Gasteiger partial charge is 0.497 e. The van der Waals surface area contributed by atoms with E-state index < -0.39 is 8.07 Å². The molecule has 0 aliphatic carbocycles. The van der Waals surface area contributed by atoms with Crippen LogP contribution >= 0.6 is 0 Å². The number of hydrogen-bond acceptors (Lipinski definition) is 3. The molecule has 3 nitrogen and oxygen atoms in total. The maximum absolute atomic E-state index is 12.5. The smallest absolute Gasteiger partial charge is 0.236 e. The lowest BCUT2D eigenvalue weighted by molar-refractivity contribution is 0.105. The summed E-state index contributed by atoms with van der Waals surface area (Å²) in [4.78, 5) is 12.5. The van der Waals surface area contributed by atoms with Crippen molar-refractivity contribution in [2.24, 2.45) is 0 Å². The fourth-order valence-corrected chi connectivity index (χ4v) is 2.63. The van der Waals surface area contributed by atoms with Crippen molar-refractivity contribution < 1.29 is 14.3 Å². The van der Waals surface area contributed by atoms with E-state index in [9.17, 15) is 4.79 Å². The van der Waals surface area contributed by atoms with Crippen LogP contribution in [0.4, 0.5) is 0 Å². The molecule has 2 aromatic rings. The summed E-state index contributed by atoms with van der Waals surface area (Å²) in [5, 5.41) is 0. The zero-order valence-corrected chi connectivity index (χ0v) is 16.8. The highest BCUT2D eigenvalue weighted by atomic mass is 28.3. The number of hydrogen-bond donors (Lipinski definition) is 0. The maximum Gasteiger partial charge on any atom is 0.236 e. The van der Waals surface area contributed by atoms with Gasteiger partial charge in [-0.3, -0.25) is 4.79 Å². The highest BCUT2D eigenvalue weighted by Gasteiger charge is 2.11. The van der Waals surface area contributed by atoms with Gasteiger partial charge in [0, 0.05) is 17.2 Å². The third-order valence-electron chi connectivity index (χ3n) is 3.46. The van der Waals surface area contributed by atoms with Crippen LogP contribution in [0, 0.1) is 23.3 Å². The van der Waals surface area contributed by atoms with Gasteiger partial charge in [-0.15, -0.1) is 5.54 Å². The number of Topliss-reactive ketones (excluding diaryl/α,β-unsaturated/α-hetero) is 1. The molecule has 0 N–H and O–H groups in total. The maximum atomic E-state index is 12.5. The van der Waals surface area contributed by atoms with Crippen molar-refractivity contribution in [1.29, 1.82) is 0 Å². The van der Waals surface area contributed by atoms with Crippen molar-refractivity contribution in [3.05, 3.63) is 59.2 Å². The van der Waals surface area contributed by atoms with E-state index in [1.165, 1.54) is 0 Å². The zero-order valence-electron chi connectivity index (χ0n) is 15.8. The van der Waals surface area contributed by atoms with Crippen LogP contribution in [0.1, 0.15) is 21.5 Å². The Labute approximate surface area is 156 Å². The summed E-state index contributed by atoms with van der Waals surface area (Å²) in [6.45, 7) is 6.32. The van der Waals surface area contributed by atoms with Crippen molar-refractivity contribution in [3.63, 3.8) is 0 Å².